The Labute approximate surface area is 547 Å². The first-order valence-electron chi connectivity index (χ1n) is 38.1. The van der Waals surface area contributed by atoms with E-state index < -0.39 is 5.60 Å². The predicted molar refractivity (Wildman–Crippen MR) is 385 cm³/mol. The number of rotatable bonds is 60. The van der Waals surface area contributed by atoms with Crippen molar-refractivity contribution < 1.29 is 24.1 Å². The zero-order valence-corrected chi connectivity index (χ0v) is 57.7. The van der Waals surface area contributed by atoms with Crippen molar-refractivity contribution in [2.45, 2.75) is 341 Å². The van der Waals surface area contributed by atoms with E-state index >= 15 is 0 Å². The maximum Gasteiger partial charge on any atom is 0.203 e. The molecule has 5 heteroatoms. The van der Waals surface area contributed by atoms with Gasteiger partial charge in [0.2, 0.25) is 5.75 Å². The summed E-state index contributed by atoms with van der Waals surface area (Å²) in [7, 11) is 0. The van der Waals surface area contributed by atoms with Crippen LogP contribution < -0.4 is 18.9 Å². The van der Waals surface area contributed by atoms with E-state index in [-0.39, 0.29) is 0 Å². The third kappa shape index (κ3) is 33.1. The van der Waals surface area contributed by atoms with Crippen LogP contribution in [0.5, 0.6) is 23.0 Å². The topological polar surface area (TPSA) is 57.2 Å². The molecule has 5 nitrogen and oxygen atoms in total. The number of hydrogen-bond acceptors (Lipinski definition) is 5. The Bertz CT molecular complexity index is 2310. The number of benzene rings is 5. The third-order valence-corrected chi connectivity index (χ3v) is 18.9. The van der Waals surface area contributed by atoms with E-state index in [1.165, 1.54) is 289 Å². The van der Waals surface area contributed by atoms with Gasteiger partial charge < -0.3 is 24.1 Å². The summed E-state index contributed by atoms with van der Waals surface area (Å²) in [5, 5.41) is 14.7. The largest absolute Gasteiger partial charge is 0.490 e. The summed E-state index contributed by atoms with van der Waals surface area (Å²) in [6.45, 7) is 9.26. The second-order valence-electron chi connectivity index (χ2n) is 26.8. The molecule has 0 aliphatic rings. The van der Waals surface area contributed by atoms with Gasteiger partial charge in [-0.15, -0.1) is 0 Å². The van der Waals surface area contributed by atoms with Gasteiger partial charge in [-0.05, 0) is 82.6 Å². The monoisotopic (exact) mass is 1220 g/mol. The molecular weight excluding hydrogens is 1090 g/mol. The summed E-state index contributed by atoms with van der Waals surface area (Å²) in [5.41, 5.74) is 2.21. The smallest absolute Gasteiger partial charge is 0.203 e. The number of aliphatic hydroxyl groups is 1. The Morgan fingerprint density at radius 3 is 0.899 bits per heavy atom. The minimum atomic E-state index is -1.30. The molecule has 5 aromatic carbocycles. The zero-order chi connectivity index (χ0) is 62.6. The Morgan fingerprint density at radius 1 is 0.270 bits per heavy atom. The van der Waals surface area contributed by atoms with E-state index in [1.54, 1.807) is 0 Å². The average molecular weight is 1220 g/mol. The number of ether oxygens (including phenoxy) is 4. The van der Waals surface area contributed by atoms with E-state index in [4.69, 9.17) is 18.9 Å². The van der Waals surface area contributed by atoms with Gasteiger partial charge in [-0.3, -0.25) is 0 Å². The Morgan fingerprint density at radius 2 is 0.562 bits per heavy atom. The molecule has 0 amide bonds. The van der Waals surface area contributed by atoms with Crippen LogP contribution in [0.3, 0.4) is 0 Å². The fraction of sp³-hybridized carbons (Fsp3) is 0.667. The fourth-order valence-electron chi connectivity index (χ4n) is 13.1. The SMILES string of the molecule is CCCCCCCCCCCCCCCCCCOc1cc(COc2ccc3cc(C(O)(c4ccccc4)c4ccccc4)ccc3c2)cc(OCCCCCCCCCCCCCCCCCC)c1OCCCCCCCCCCCCCCCCCC. The molecular formula is C84H132O5. The summed E-state index contributed by atoms with van der Waals surface area (Å²) in [6, 6.07) is 36.8. The van der Waals surface area contributed by atoms with Crippen molar-refractivity contribution in [2.24, 2.45) is 0 Å². The van der Waals surface area contributed by atoms with Crippen LogP contribution in [-0.4, -0.2) is 24.9 Å². The summed E-state index contributed by atoms with van der Waals surface area (Å²) >= 11 is 0. The molecule has 0 atom stereocenters. The highest BCUT2D eigenvalue weighted by Crippen LogP contribution is 2.41. The summed E-state index contributed by atoms with van der Waals surface area (Å²) in [4.78, 5) is 0. The van der Waals surface area contributed by atoms with Crippen LogP contribution in [0.1, 0.15) is 351 Å². The molecule has 0 unspecified atom stereocenters. The van der Waals surface area contributed by atoms with Crippen LogP contribution in [0, 0.1) is 0 Å². The van der Waals surface area contributed by atoms with Crippen LogP contribution in [0.4, 0.5) is 0 Å². The molecule has 0 radical (unpaired) electrons. The van der Waals surface area contributed by atoms with E-state index in [1.807, 2.05) is 60.7 Å². The molecule has 0 fully saturated rings. The molecule has 0 aliphatic heterocycles. The van der Waals surface area contributed by atoms with Crippen molar-refractivity contribution in [3.8, 4) is 23.0 Å². The van der Waals surface area contributed by atoms with Crippen LogP contribution in [0.25, 0.3) is 10.8 Å². The maximum atomic E-state index is 12.6. The van der Waals surface area contributed by atoms with Gasteiger partial charge in [0.05, 0.1) is 19.8 Å². The van der Waals surface area contributed by atoms with Crippen LogP contribution in [-0.2, 0) is 12.2 Å². The molecule has 0 aliphatic carbocycles. The minimum Gasteiger partial charge on any atom is -0.490 e. The van der Waals surface area contributed by atoms with Crippen molar-refractivity contribution in [1.82, 2.24) is 0 Å². The van der Waals surface area contributed by atoms with Gasteiger partial charge in [0.15, 0.2) is 11.5 Å². The van der Waals surface area contributed by atoms with Gasteiger partial charge >= 0.3 is 0 Å². The second kappa shape index (κ2) is 51.1. The van der Waals surface area contributed by atoms with Crippen molar-refractivity contribution in [3.05, 3.63) is 131 Å². The zero-order valence-electron chi connectivity index (χ0n) is 57.7. The number of unbranched alkanes of at least 4 members (excludes halogenated alkanes) is 45. The summed E-state index contributed by atoms with van der Waals surface area (Å²) < 4.78 is 27.0. The van der Waals surface area contributed by atoms with Crippen LogP contribution in [0.15, 0.2) is 109 Å². The molecule has 5 aromatic rings. The first-order valence-corrected chi connectivity index (χ1v) is 38.1. The lowest BCUT2D eigenvalue weighted by molar-refractivity contribution is 0.126. The number of fused-ring (bicyclic) bond motifs is 1. The maximum absolute atomic E-state index is 12.6. The summed E-state index contributed by atoms with van der Waals surface area (Å²) in [5.74, 6) is 3.11. The first kappa shape index (κ1) is 75.2. The van der Waals surface area contributed by atoms with Crippen LogP contribution in [0.2, 0.25) is 0 Å². The molecule has 498 valence electrons. The molecule has 89 heavy (non-hydrogen) atoms. The molecule has 0 saturated carbocycles. The van der Waals surface area contributed by atoms with E-state index in [2.05, 4.69) is 69.3 Å². The normalized spacial score (nSPS) is 11.7. The van der Waals surface area contributed by atoms with E-state index in [0.29, 0.717) is 26.4 Å². The lowest BCUT2D eigenvalue weighted by atomic mass is 9.80. The number of hydrogen-bond donors (Lipinski definition) is 1. The highest BCUT2D eigenvalue weighted by molar-refractivity contribution is 5.85. The van der Waals surface area contributed by atoms with Gasteiger partial charge in [0.25, 0.3) is 0 Å². The van der Waals surface area contributed by atoms with Crippen molar-refractivity contribution in [2.75, 3.05) is 19.8 Å². The average Bonchev–Trinajstić information content (AvgIpc) is 1.13. The molecule has 0 heterocycles. The van der Waals surface area contributed by atoms with Gasteiger partial charge in [-0.25, -0.2) is 0 Å². The molecule has 5 rings (SSSR count). The highest BCUT2D eigenvalue weighted by Gasteiger charge is 2.34. The Balaban J connectivity index is 1.18. The molecule has 0 saturated heterocycles. The van der Waals surface area contributed by atoms with Crippen molar-refractivity contribution in [3.63, 3.8) is 0 Å². The minimum absolute atomic E-state index is 0.371. The van der Waals surface area contributed by atoms with Gasteiger partial charge in [0.1, 0.15) is 18.0 Å². The quantitative estimate of drug-likeness (QED) is 0.0311. The first-order chi connectivity index (χ1) is 44.1. The molecule has 1 N–H and O–H groups in total. The predicted octanol–water partition coefficient (Wildman–Crippen LogP) is 26.6. The van der Waals surface area contributed by atoms with Gasteiger partial charge in [-0.1, -0.05) is 389 Å². The highest BCUT2D eigenvalue weighted by atomic mass is 16.5. The van der Waals surface area contributed by atoms with E-state index in [0.717, 1.165) is 75.3 Å². The van der Waals surface area contributed by atoms with E-state index in [9.17, 15) is 5.11 Å². The third-order valence-electron chi connectivity index (χ3n) is 18.9. The van der Waals surface area contributed by atoms with Crippen LogP contribution >= 0.6 is 0 Å². The molecule has 0 bridgehead atoms. The lowest BCUT2D eigenvalue weighted by Gasteiger charge is -2.30. The Hall–Kier alpha value is -4.48. The standard InChI is InChI=1S/C84H132O5/c1-4-7-10-13-16-19-22-25-28-31-34-37-40-43-46-55-66-86-81-69-74(73-89-80-65-63-75-71-79(64-62-76(75)72-80)84(85,77-58-51-49-52-59-77)78-60-53-50-54-61-78)70-82(87-67-56-47-44-41-38-35-32-29-26-23-20-17-14-11-8-5-2)83(81)88-68-57-48-45-42-39-36-33-30-27-24-21-18-15-12-9-6-3/h49-54,58-65,69-72,85H,4-48,55-57,66-68,73H2,1-3H3. The summed E-state index contributed by atoms with van der Waals surface area (Å²) in [6.07, 6.45) is 64.8. The molecule has 0 spiro atoms. The van der Waals surface area contributed by atoms with Gasteiger partial charge in [-0.2, -0.15) is 0 Å². The Kier molecular flexibility index (Phi) is 43.2. The van der Waals surface area contributed by atoms with Crippen molar-refractivity contribution >= 4 is 10.8 Å². The lowest BCUT2D eigenvalue weighted by Crippen LogP contribution is -2.28. The second-order valence-corrected chi connectivity index (χ2v) is 26.8. The van der Waals surface area contributed by atoms with Gasteiger partial charge in [0, 0.05) is 0 Å². The van der Waals surface area contributed by atoms with Crippen molar-refractivity contribution in [1.29, 1.82) is 0 Å². The molecule has 0 aromatic heterocycles. The fourth-order valence-corrected chi connectivity index (χ4v) is 13.1.